The lowest BCUT2D eigenvalue weighted by molar-refractivity contribution is -0.139. The van der Waals surface area contributed by atoms with Crippen LogP contribution in [0.5, 0.6) is 0 Å². The number of nitrogens with two attached hydrogens (primary N) is 1. The zero-order chi connectivity index (χ0) is 24.0. The molecule has 2 aromatic heterocycles. The van der Waals surface area contributed by atoms with Crippen LogP contribution in [0.25, 0.3) is 0 Å². The Hall–Kier alpha value is -3.63. The number of carboxylic acids is 1. The third-order valence-electron chi connectivity index (χ3n) is 5.19. The molecule has 1 aliphatic rings. The summed E-state index contributed by atoms with van der Waals surface area (Å²) in [5.41, 5.74) is 7.85. The number of hydrogen-bond acceptors (Lipinski definition) is 7. The van der Waals surface area contributed by atoms with E-state index in [0.29, 0.717) is 13.0 Å². The lowest BCUT2D eigenvalue weighted by atomic mass is 10.1. The average Bonchev–Trinajstić information content (AvgIpc) is 3.18. The van der Waals surface area contributed by atoms with E-state index in [1.54, 1.807) is 4.68 Å². The second-order valence-electron chi connectivity index (χ2n) is 8.44. The maximum Gasteiger partial charge on any atom is 0.407 e. The maximum absolute atomic E-state index is 11.9. The molecule has 2 amide bonds. The first-order valence-electron chi connectivity index (χ1n) is 11.0. The first kappa shape index (κ1) is 24.0. The molecule has 11 nitrogen and oxygen atoms in total. The van der Waals surface area contributed by atoms with Crippen molar-refractivity contribution in [3.05, 3.63) is 40.8 Å². The molecule has 0 aromatic carbocycles. The number of primary amides is 1. The van der Waals surface area contributed by atoms with Crippen molar-refractivity contribution in [1.82, 2.24) is 20.1 Å². The number of carboxylic acid groups (broad SMARTS) is 1. The number of alkyl carbamates (subject to hydrolysis) is 1. The summed E-state index contributed by atoms with van der Waals surface area (Å²) >= 11 is 0. The lowest BCUT2D eigenvalue weighted by Gasteiger charge is -2.17. The largest absolute Gasteiger partial charge is 0.480 e. The minimum atomic E-state index is -1.32. The van der Waals surface area contributed by atoms with Crippen LogP contribution in [0.3, 0.4) is 0 Å². The van der Waals surface area contributed by atoms with Crippen molar-refractivity contribution in [2.75, 3.05) is 18.5 Å². The molecule has 33 heavy (non-hydrogen) atoms. The summed E-state index contributed by atoms with van der Waals surface area (Å²) in [5.74, 6) is -0.986. The van der Waals surface area contributed by atoms with Crippen molar-refractivity contribution in [3.63, 3.8) is 0 Å². The highest BCUT2D eigenvalue weighted by Crippen LogP contribution is 2.20. The van der Waals surface area contributed by atoms with E-state index in [1.165, 1.54) is 11.8 Å². The van der Waals surface area contributed by atoms with E-state index < -0.39 is 24.0 Å². The number of ether oxygens (including phenoxy) is 1. The van der Waals surface area contributed by atoms with Crippen molar-refractivity contribution < 1.29 is 24.2 Å². The molecule has 0 spiro atoms. The number of aryl methyl sites for hydroxylation is 3. The Bertz CT molecular complexity index is 1020. The number of carbonyl (C=O) groups is 3. The molecule has 1 aliphatic heterocycles. The van der Waals surface area contributed by atoms with Crippen molar-refractivity contribution in [1.29, 1.82) is 0 Å². The van der Waals surface area contributed by atoms with Crippen LogP contribution in [-0.2, 0) is 35.3 Å². The van der Waals surface area contributed by atoms with Crippen LogP contribution in [0.1, 0.15) is 47.6 Å². The molecule has 178 valence electrons. The number of nitrogens with zero attached hydrogens (tertiary/aromatic N) is 3. The minimum absolute atomic E-state index is 0.108. The van der Waals surface area contributed by atoms with E-state index in [1.807, 2.05) is 19.9 Å². The predicted molar refractivity (Wildman–Crippen MR) is 120 cm³/mol. The number of rotatable bonds is 10. The highest BCUT2D eigenvalue weighted by Gasteiger charge is 2.26. The predicted octanol–water partition coefficient (Wildman–Crippen LogP) is 1.36. The van der Waals surface area contributed by atoms with E-state index in [-0.39, 0.29) is 30.2 Å². The van der Waals surface area contributed by atoms with Gasteiger partial charge in [0, 0.05) is 37.8 Å². The Morgan fingerprint density at radius 1 is 1.33 bits per heavy atom. The Labute approximate surface area is 191 Å². The van der Waals surface area contributed by atoms with E-state index in [9.17, 15) is 19.5 Å². The van der Waals surface area contributed by atoms with Gasteiger partial charge in [-0.25, -0.2) is 14.6 Å². The first-order valence-corrected chi connectivity index (χ1v) is 11.0. The molecule has 2 aromatic rings. The second-order valence-corrected chi connectivity index (χ2v) is 8.44. The number of anilines is 1. The van der Waals surface area contributed by atoms with Gasteiger partial charge in [0.25, 0.3) is 5.91 Å². The van der Waals surface area contributed by atoms with Gasteiger partial charge in [-0.2, -0.15) is 5.10 Å². The van der Waals surface area contributed by atoms with Crippen molar-refractivity contribution in [2.45, 2.75) is 52.1 Å². The van der Waals surface area contributed by atoms with Gasteiger partial charge in [-0.3, -0.25) is 9.48 Å². The lowest BCUT2D eigenvalue weighted by Crippen LogP contribution is -2.43. The molecule has 0 radical (unpaired) electrons. The summed E-state index contributed by atoms with van der Waals surface area (Å²) in [5, 5.41) is 19.5. The number of fused-ring (bicyclic) bond motifs is 1. The standard InChI is InChI=1S/C22H30N6O5/c1-13(2)12-33-22(32)26-18(21(30)31)10-17-16(19(23)29)11-28(27-17)9-7-15-6-5-14-4-3-8-24-20(14)25-15/h5-6,11,13,18H,3-4,7-10,12H2,1-2H3,(H2,23,29)(H,24,25)(H,26,32)(H,30,31)/t18-/m0/s1. The van der Waals surface area contributed by atoms with Gasteiger partial charge in [-0.15, -0.1) is 0 Å². The fourth-order valence-electron chi connectivity index (χ4n) is 3.49. The molecule has 11 heteroatoms. The normalized spacial score (nSPS) is 13.7. The summed E-state index contributed by atoms with van der Waals surface area (Å²) in [4.78, 5) is 40.1. The van der Waals surface area contributed by atoms with Gasteiger partial charge in [0.1, 0.15) is 11.9 Å². The maximum atomic E-state index is 11.9. The molecule has 1 atom stereocenters. The molecule has 0 saturated heterocycles. The zero-order valence-corrected chi connectivity index (χ0v) is 18.8. The van der Waals surface area contributed by atoms with Gasteiger partial charge in [0.05, 0.1) is 17.9 Å². The second kappa shape index (κ2) is 10.8. The molecule has 0 fully saturated rings. The molecule has 0 aliphatic carbocycles. The molecule has 5 N–H and O–H groups in total. The number of aromatic nitrogens is 3. The van der Waals surface area contributed by atoms with Gasteiger partial charge in [0.2, 0.25) is 0 Å². The van der Waals surface area contributed by atoms with Gasteiger partial charge < -0.3 is 26.2 Å². The third-order valence-corrected chi connectivity index (χ3v) is 5.19. The van der Waals surface area contributed by atoms with Crippen molar-refractivity contribution in [3.8, 4) is 0 Å². The molecule has 3 rings (SSSR count). The summed E-state index contributed by atoms with van der Waals surface area (Å²) < 4.78 is 6.53. The Morgan fingerprint density at radius 2 is 2.12 bits per heavy atom. The minimum Gasteiger partial charge on any atom is -0.480 e. The molecule has 0 saturated carbocycles. The SMILES string of the molecule is CC(C)COC(=O)N[C@@H](Cc1nn(CCc2ccc3c(n2)NCCC3)cc1C(N)=O)C(=O)O. The summed E-state index contributed by atoms with van der Waals surface area (Å²) in [6.45, 7) is 5.21. The molecule has 0 bridgehead atoms. The number of amides is 2. The first-order chi connectivity index (χ1) is 15.7. The smallest absolute Gasteiger partial charge is 0.407 e. The number of pyridine rings is 1. The summed E-state index contributed by atoms with van der Waals surface area (Å²) in [6.07, 6.45) is 3.09. The number of aliphatic carboxylic acids is 1. The Morgan fingerprint density at radius 3 is 2.82 bits per heavy atom. The van der Waals surface area contributed by atoms with Gasteiger partial charge in [0.15, 0.2) is 0 Å². The summed E-state index contributed by atoms with van der Waals surface area (Å²) in [7, 11) is 0. The summed E-state index contributed by atoms with van der Waals surface area (Å²) in [6, 6.07) is 2.71. The van der Waals surface area contributed by atoms with Gasteiger partial charge >= 0.3 is 12.1 Å². The quantitative estimate of drug-likeness (QED) is 0.415. The van der Waals surface area contributed by atoms with Crippen LogP contribution in [0, 0.1) is 5.92 Å². The molecular formula is C22H30N6O5. The van der Waals surface area contributed by atoms with Crippen LogP contribution in [0.4, 0.5) is 10.6 Å². The molecule has 3 heterocycles. The van der Waals surface area contributed by atoms with Gasteiger partial charge in [-0.1, -0.05) is 19.9 Å². The van der Waals surface area contributed by atoms with Crippen LogP contribution in [-0.4, -0.2) is 57.0 Å². The van der Waals surface area contributed by atoms with Crippen LogP contribution < -0.4 is 16.4 Å². The zero-order valence-electron chi connectivity index (χ0n) is 18.8. The topological polar surface area (TPSA) is 161 Å². The van der Waals surface area contributed by atoms with Gasteiger partial charge in [-0.05, 0) is 30.4 Å². The van der Waals surface area contributed by atoms with E-state index >= 15 is 0 Å². The van der Waals surface area contributed by atoms with Crippen molar-refractivity contribution in [2.24, 2.45) is 11.7 Å². The monoisotopic (exact) mass is 458 g/mol. The Kier molecular flexibility index (Phi) is 7.86. The number of hydrogen-bond donors (Lipinski definition) is 4. The number of carbonyl (C=O) groups excluding carboxylic acids is 2. The fourth-order valence-corrected chi connectivity index (χ4v) is 3.49. The fraction of sp³-hybridized carbons (Fsp3) is 0.500. The highest BCUT2D eigenvalue weighted by molar-refractivity contribution is 5.94. The van der Waals surface area contributed by atoms with Crippen LogP contribution in [0.15, 0.2) is 18.3 Å². The highest BCUT2D eigenvalue weighted by atomic mass is 16.5. The van der Waals surface area contributed by atoms with E-state index in [0.717, 1.165) is 30.9 Å². The van der Waals surface area contributed by atoms with Crippen LogP contribution >= 0.6 is 0 Å². The molecule has 0 unspecified atom stereocenters. The van der Waals surface area contributed by atoms with E-state index in [2.05, 4.69) is 26.8 Å². The van der Waals surface area contributed by atoms with E-state index in [4.69, 9.17) is 10.5 Å². The third kappa shape index (κ3) is 6.67. The average molecular weight is 459 g/mol. The Balaban J connectivity index is 1.68. The van der Waals surface area contributed by atoms with Crippen molar-refractivity contribution >= 4 is 23.8 Å². The van der Waals surface area contributed by atoms with Crippen LogP contribution in [0.2, 0.25) is 0 Å². The molecular weight excluding hydrogens is 428 g/mol. The number of nitrogens with one attached hydrogen (secondary N) is 2.